The fourth-order valence-corrected chi connectivity index (χ4v) is 5.90. The Bertz CT molecular complexity index is 1250. The predicted octanol–water partition coefficient (Wildman–Crippen LogP) is 3.13. The van der Waals surface area contributed by atoms with Crippen LogP contribution in [0.25, 0.3) is 10.2 Å². The molecule has 0 saturated carbocycles. The maximum absolute atomic E-state index is 13.8. The van der Waals surface area contributed by atoms with Gasteiger partial charge in [0.2, 0.25) is 15.2 Å². The average molecular weight is 483 g/mol. The molecule has 0 bridgehead atoms. The number of sulfonamides is 1. The first-order valence-electron chi connectivity index (χ1n) is 9.71. The molecule has 0 aliphatic carbocycles. The maximum atomic E-state index is 13.8. The monoisotopic (exact) mass is 482 g/mol. The Labute approximate surface area is 187 Å². The van der Waals surface area contributed by atoms with Crippen molar-refractivity contribution in [3.8, 4) is 0 Å². The van der Waals surface area contributed by atoms with Crippen molar-refractivity contribution in [3.63, 3.8) is 0 Å². The number of hydrazine groups is 1. The number of aromatic nitrogens is 1. The standard InChI is InChI=1S/C20H20F2N4O4S2/c1-11-9-26(10-12(2)30-11)32(28,29)15-5-3-13(4-6-15)19(27)24-25-20-23-18-16(22)7-14(21)8-17(18)31-20/h3-8,11-12H,9-10H2,1-2H3,(H,23,25)(H,24,27). The van der Waals surface area contributed by atoms with E-state index in [-0.39, 0.29) is 46.4 Å². The number of morpholine rings is 1. The lowest BCUT2D eigenvalue weighted by Crippen LogP contribution is -2.48. The van der Waals surface area contributed by atoms with E-state index in [4.69, 9.17) is 4.74 Å². The highest BCUT2D eigenvalue weighted by atomic mass is 32.2. The zero-order valence-electron chi connectivity index (χ0n) is 17.1. The Balaban J connectivity index is 1.44. The zero-order valence-corrected chi connectivity index (χ0v) is 18.8. The second kappa shape index (κ2) is 8.70. The lowest BCUT2D eigenvalue weighted by atomic mass is 10.2. The quantitative estimate of drug-likeness (QED) is 0.542. The van der Waals surface area contributed by atoms with Crippen LogP contribution in [0.1, 0.15) is 24.2 Å². The first kappa shape index (κ1) is 22.5. The van der Waals surface area contributed by atoms with E-state index < -0.39 is 27.6 Å². The van der Waals surface area contributed by atoms with Crippen molar-refractivity contribution < 1.29 is 26.7 Å². The minimum atomic E-state index is -3.72. The molecule has 2 aromatic carbocycles. The van der Waals surface area contributed by atoms with Crippen LogP contribution in [0.5, 0.6) is 0 Å². The van der Waals surface area contributed by atoms with Crippen LogP contribution in [-0.4, -0.2) is 48.9 Å². The van der Waals surface area contributed by atoms with Crippen LogP contribution >= 0.6 is 11.3 Å². The van der Waals surface area contributed by atoms with Crippen molar-refractivity contribution in [3.05, 3.63) is 53.6 Å². The Morgan fingerprint density at radius 3 is 2.47 bits per heavy atom. The lowest BCUT2D eigenvalue weighted by Gasteiger charge is -2.34. The van der Waals surface area contributed by atoms with Gasteiger partial charge in [0.25, 0.3) is 5.91 Å². The first-order valence-corrected chi connectivity index (χ1v) is 12.0. The van der Waals surface area contributed by atoms with Gasteiger partial charge in [-0.1, -0.05) is 11.3 Å². The highest BCUT2D eigenvalue weighted by molar-refractivity contribution is 7.89. The minimum Gasteiger partial charge on any atom is -0.373 e. The second-order valence-corrected chi connectivity index (χ2v) is 10.4. The third-order valence-electron chi connectivity index (χ3n) is 4.84. The van der Waals surface area contributed by atoms with E-state index in [2.05, 4.69) is 15.8 Å². The third-order valence-corrected chi connectivity index (χ3v) is 7.60. The number of halogens is 2. The molecular formula is C20H20F2N4O4S2. The van der Waals surface area contributed by atoms with E-state index >= 15 is 0 Å². The predicted molar refractivity (Wildman–Crippen MR) is 116 cm³/mol. The van der Waals surface area contributed by atoms with E-state index in [9.17, 15) is 22.0 Å². The lowest BCUT2D eigenvalue weighted by molar-refractivity contribution is -0.0440. The molecule has 2 N–H and O–H groups in total. The van der Waals surface area contributed by atoms with Crippen molar-refractivity contribution in [2.75, 3.05) is 18.5 Å². The number of anilines is 1. The highest BCUT2D eigenvalue weighted by Gasteiger charge is 2.32. The van der Waals surface area contributed by atoms with E-state index in [1.165, 1.54) is 28.6 Å². The molecule has 1 aliphatic rings. The third kappa shape index (κ3) is 4.58. The number of rotatable bonds is 5. The summed E-state index contributed by atoms with van der Waals surface area (Å²) in [7, 11) is -3.72. The van der Waals surface area contributed by atoms with Crippen molar-refractivity contribution in [1.82, 2.24) is 14.7 Å². The number of ether oxygens (including phenoxy) is 1. The van der Waals surface area contributed by atoms with Gasteiger partial charge in [0, 0.05) is 24.7 Å². The van der Waals surface area contributed by atoms with Crippen LogP contribution in [0.3, 0.4) is 0 Å². The molecule has 8 nitrogen and oxygen atoms in total. The number of thiazole rings is 1. The number of carbonyl (C=O) groups excluding carboxylic acids is 1. The first-order chi connectivity index (χ1) is 15.1. The number of carbonyl (C=O) groups is 1. The summed E-state index contributed by atoms with van der Waals surface area (Å²) < 4.78 is 60.1. The molecule has 1 aromatic heterocycles. The molecule has 0 spiro atoms. The largest absolute Gasteiger partial charge is 0.373 e. The summed E-state index contributed by atoms with van der Waals surface area (Å²) in [6.45, 7) is 4.14. The molecule has 1 saturated heterocycles. The second-order valence-electron chi connectivity index (χ2n) is 7.44. The average Bonchev–Trinajstić information content (AvgIpc) is 3.14. The molecule has 1 aliphatic heterocycles. The van der Waals surface area contributed by atoms with Crippen LogP contribution in [0.15, 0.2) is 41.3 Å². The van der Waals surface area contributed by atoms with Gasteiger partial charge >= 0.3 is 0 Å². The molecular weight excluding hydrogens is 462 g/mol. The summed E-state index contributed by atoms with van der Waals surface area (Å²) in [6.07, 6.45) is -0.422. The van der Waals surface area contributed by atoms with Crippen LogP contribution in [0.2, 0.25) is 0 Å². The van der Waals surface area contributed by atoms with Crippen LogP contribution < -0.4 is 10.9 Å². The summed E-state index contributed by atoms with van der Waals surface area (Å²) in [5.41, 5.74) is 5.18. The molecule has 1 amide bonds. The summed E-state index contributed by atoms with van der Waals surface area (Å²) >= 11 is 0.973. The Hall–Kier alpha value is -2.67. The fraction of sp³-hybridized carbons (Fsp3) is 0.300. The Kier molecular flexibility index (Phi) is 6.12. The SMILES string of the molecule is CC1CN(S(=O)(=O)c2ccc(C(=O)NNc3nc4c(F)cc(F)cc4s3)cc2)CC(C)O1. The summed E-state index contributed by atoms with van der Waals surface area (Å²) in [4.78, 5) is 16.5. The Morgan fingerprint density at radius 2 is 1.81 bits per heavy atom. The molecule has 2 atom stereocenters. The van der Waals surface area contributed by atoms with E-state index in [0.29, 0.717) is 4.70 Å². The summed E-state index contributed by atoms with van der Waals surface area (Å²) in [5, 5.41) is 0.174. The molecule has 12 heteroatoms. The highest BCUT2D eigenvalue weighted by Crippen LogP contribution is 2.28. The van der Waals surface area contributed by atoms with E-state index in [0.717, 1.165) is 23.5 Å². The molecule has 4 rings (SSSR count). The zero-order chi connectivity index (χ0) is 23.0. The normalized spacial score (nSPS) is 19.8. The van der Waals surface area contributed by atoms with Gasteiger partial charge in [-0.2, -0.15) is 4.31 Å². The molecule has 2 unspecified atom stereocenters. The molecule has 170 valence electrons. The number of hydrogen-bond donors (Lipinski definition) is 2. The van der Waals surface area contributed by atoms with E-state index in [1.54, 1.807) is 0 Å². The molecule has 1 fully saturated rings. The maximum Gasteiger partial charge on any atom is 0.269 e. The van der Waals surface area contributed by atoms with Gasteiger partial charge in [0.15, 0.2) is 5.82 Å². The van der Waals surface area contributed by atoms with Gasteiger partial charge < -0.3 is 4.74 Å². The van der Waals surface area contributed by atoms with Crippen molar-refractivity contribution in [2.24, 2.45) is 0 Å². The smallest absolute Gasteiger partial charge is 0.269 e. The minimum absolute atomic E-state index is 0.00513. The van der Waals surface area contributed by atoms with Gasteiger partial charge in [0.05, 0.1) is 21.8 Å². The number of nitrogens with zero attached hydrogens (tertiary/aromatic N) is 2. The number of benzene rings is 2. The topological polar surface area (TPSA) is 101 Å². The number of hydrogen-bond acceptors (Lipinski definition) is 7. The molecule has 0 radical (unpaired) electrons. The Morgan fingerprint density at radius 1 is 1.16 bits per heavy atom. The van der Waals surface area contributed by atoms with Gasteiger partial charge in [-0.15, -0.1) is 0 Å². The summed E-state index contributed by atoms with van der Waals surface area (Å²) in [6, 6.07) is 7.40. The van der Waals surface area contributed by atoms with Crippen molar-refractivity contribution in [2.45, 2.75) is 31.0 Å². The van der Waals surface area contributed by atoms with Crippen molar-refractivity contribution >= 4 is 42.6 Å². The number of amides is 1. The van der Waals surface area contributed by atoms with Crippen LogP contribution in [-0.2, 0) is 14.8 Å². The van der Waals surface area contributed by atoms with E-state index in [1.807, 2.05) is 13.8 Å². The van der Waals surface area contributed by atoms with Gasteiger partial charge in [-0.3, -0.25) is 15.6 Å². The van der Waals surface area contributed by atoms with Gasteiger partial charge in [-0.05, 0) is 44.2 Å². The molecule has 3 aromatic rings. The number of nitrogens with one attached hydrogen (secondary N) is 2. The molecule has 2 heterocycles. The van der Waals surface area contributed by atoms with Crippen LogP contribution in [0, 0.1) is 11.6 Å². The fourth-order valence-electron chi connectivity index (χ4n) is 3.45. The van der Waals surface area contributed by atoms with Gasteiger partial charge in [0.1, 0.15) is 11.3 Å². The molecule has 32 heavy (non-hydrogen) atoms. The van der Waals surface area contributed by atoms with Crippen LogP contribution in [0.4, 0.5) is 13.9 Å². The summed E-state index contributed by atoms with van der Waals surface area (Å²) in [5.74, 6) is -2.06. The van der Waals surface area contributed by atoms with Gasteiger partial charge in [-0.25, -0.2) is 22.2 Å². The number of fused-ring (bicyclic) bond motifs is 1. The van der Waals surface area contributed by atoms with Crippen molar-refractivity contribution in [1.29, 1.82) is 0 Å².